The molecule has 0 spiro atoms. The molecule has 98 valence electrons. The molecular weight excluding hydrogens is 235 g/mol. The van der Waals surface area contributed by atoms with Crippen LogP contribution in [0.5, 0.6) is 0 Å². The standard InChI is InChI=1S/C9H10F3NO2.C2H6/c1-6-2-3-8(15)13(4-6)5-7(14)9(10,11)12;1-2/h2-4,7,14H,5H2,1H3;1-2H3/t7-;/m0./s1. The molecule has 0 bridgehead atoms. The number of alkyl halides is 3. The second-order valence-corrected chi connectivity index (χ2v) is 3.25. The predicted molar refractivity (Wildman–Crippen MR) is 58.8 cm³/mol. The number of hydrogen-bond acceptors (Lipinski definition) is 2. The summed E-state index contributed by atoms with van der Waals surface area (Å²) in [5, 5.41) is 8.77. The van der Waals surface area contributed by atoms with E-state index in [4.69, 9.17) is 5.11 Å². The highest BCUT2D eigenvalue weighted by Crippen LogP contribution is 2.20. The highest BCUT2D eigenvalue weighted by atomic mass is 19.4. The molecule has 0 aliphatic rings. The van der Waals surface area contributed by atoms with E-state index in [-0.39, 0.29) is 0 Å². The zero-order chi connectivity index (χ0) is 13.6. The zero-order valence-electron chi connectivity index (χ0n) is 9.95. The summed E-state index contributed by atoms with van der Waals surface area (Å²) in [7, 11) is 0. The van der Waals surface area contributed by atoms with E-state index in [1.807, 2.05) is 13.8 Å². The fourth-order valence-corrected chi connectivity index (χ4v) is 1.08. The average molecular weight is 251 g/mol. The second kappa shape index (κ2) is 6.44. The van der Waals surface area contributed by atoms with Crippen molar-refractivity contribution in [1.82, 2.24) is 4.57 Å². The first-order chi connectivity index (χ1) is 7.80. The largest absolute Gasteiger partial charge is 0.416 e. The Hall–Kier alpha value is -1.30. The molecule has 0 radical (unpaired) electrons. The summed E-state index contributed by atoms with van der Waals surface area (Å²) in [6.45, 7) is 4.87. The molecule has 17 heavy (non-hydrogen) atoms. The summed E-state index contributed by atoms with van der Waals surface area (Å²) in [6.07, 6.45) is -5.95. The third kappa shape index (κ3) is 5.04. The normalized spacial score (nSPS) is 12.6. The lowest BCUT2D eigenvalue weighted by molar-refractivity contribution is -0.207. The Balaban J connectivity index is 0.00000121. The summed E-state index contributed by atoms with van der Waals surface area (Å²) in [5.41, 5.74) is 0.0906. The van der Waals surface area contributed by atoms with Crippen LogP contribution >= 0.6 is 0 Å². The lowest BCUT2D eigenvalue weighted by Crippen LogP contribution is -2.36. The van der Waals surface area contributed by atoms with Gasteiger partial charge in [-0.1, -0.05) is 19.9 Å². The number of pyridine rings is 1. The molecule has 1 aromatic heterocycles. The van der Waals surface area contributed by atoms with Gasteiger partial charge in [-0.05, 0) is 12.5 Å². The minimum atomic E-state index is -4.71. The highest BCUT2D eigenvalue weighted by Gasteiger charge is 2.38. The van der Waals surface area contributed by atoms with Gasteiger partial charge in [0.2, 0.25) is 0 Å². The van der Waals surface area contributed by atoms with Crippen LogP contribution in [0.3, 0.4) is 0 Å². The molecule has 0 saturated heterocycles. The molecule has 1 heterocycles. The second-order valence-electron chi connectivity index (χ2n) is 3.25. The van der Waals surface area contributed by atoms with Crippen molar-refractivity contribution in [2.24, 2.45) is 0 Å². The maximum atomic E-state index is 12.0. The maximum Gasteiger partial charge on any atom is 0.416 e. The van der Waals surface area contributed by atoms with Crippen LogP contribution in [0.2, 0.25) is 0 Å². The molecule has 0 aliphatic carbocycles. The van der Waals surface area contributed by atoms with Crippen LogP contribution in [-0.4, -0.2) is 22.0 Å². The van der Waals surface area contributed by atoms with E-state index in [1.165, 1.54) is 18.3 Å². The van der Waals surface area contributed by atoms with Gasteiger partial charge >= 0.3 is 6.18 Å². The lowest BCUT2D eigenvalue weighted by Gasteiger charge is -2.15. The molecule has 1 N–H and O–H groups in total. The molecule has 1 atom stereocenters. The van der Waals surface area contributed by atoms with Gasteiger partial charge in [-0.3, -0.25) is 4.79 Å². The molecule has 0 aliphatic heterocycles. The molecule has 0 fully saturated rings. The molecule has 1 aromatic rings. The summed E-state index contributed by atoms with van der Waals surface area (Å²) < 4.78 is 36.8. The van der Waals surface area contributed by atoms with E-state index < -0.39 is 24.4 Å². The topological polar surface area (TPSA) is 42.2 Å². The Morgan fingerprint density at radius 2 is 1.88 bits per heavy atom. The van der Waals surface area contributed by atoms with Crippen LogP contribution in [0.4, 0.5) is 13.2 Å². The summed E-state index contributed by atoms with van der Waals surface area (Å²) in [4.78, 5) is 11.1. The number of halogens is 3. The first-order valence-corrected chi connectivity index (χ1v) is 5.22. The van der Waals surface area contributed by atoms with Crippen LogP contribution in [0, 0.1) is 6.92 Å². The van der Waals surface area contributed by atoms with Gasteiger partial charge in [0.05, 0.1) is 6.54 Å². The van der Waals surface area contributed by atoms with E-state index in [9.17, 15) is 18.0 Å². The highest BCUT2D eigenvalue weighted by molar-refractivity contribution is 5.07. The van der Waals surface area contributed by atoms with E-state index in [2.05, 4.69) is 0 Å². The van der Waals surface area contributed by atoms with E-state index in [0.29, 0.717) is 5.56 Å². The molecule has 0 unspecified atom stereocenters. The van der Waals surface area contributed by atoms with Gasteiger partial charge in [0.1, 0.15) is 0 Å². The third-order valence-electron chi connectivity index (χ3n) is 1.88. The Morgan fingerprint density at radius 3 is 2.35 bits per heavy atom. The van der Waals surface area contributed by atoms with Crippen molar-refractivity contribution in [3.63, 3.8) is 0 Å². The number of hydrogen-bond donors (Lipinski definition) is 1. The Morgan fingerprint density at radius 1 is 1.35 bits per heavy atom. The van der Waals surface area contributed by atoms with Crippen molar-refractivity contribution in [3.05, 3.63) is 34.2 Å². The van der Waals surface area contributed by atoms with Crippen molar-refractivity contribution in [1.29, 1.82) is 0 Å². The minimum absolute atomic E-state index is 0.566. The molecule has 3 nitrogen and oxygen atoms in total. The zero-order valence-corrected chi connectivity index (χ0v) is 9.95. The van der Waals surface area contributed by atoms with E-state index in [0.717, 1.165) is 4.57 Å². The Bertz CT molecular complexity index is 398. The van der Waals surface area contributed by atoms with Crippen molar-refractivity contribution in [2.45, 2.75) is 39.6 Å². The molecule has 0 aromatic carbocycles. The monoisotopic (exact) mass is 251 g/mol. The number of aromatic nitrogens is 1. The van der Waals surface area contributed by atoms with E-state index >= 15 is 0 Å². The quantitative estimate of drug-likeness (QED) is 0.874. The number of aliphatic hydroxyl groups excluding tert-OH is 1. The summed E-state index contributed by atoms with van der Waals surface area (Å²) in [5.74, 6) is 0. The fraction of sp³-hybridized carbons (Fsp3) is 0.545. The first-order valence-electron chi connectivity index (χ1n) is 5.22. The molecule has 1 rings (SSSR count). The SMILES string of the molecule is CC.Cc1ccc(=O)n(C[C@H](O)C(F)(F)F)c1. The van der Waals surface area contributed by atoms with Crippen LogP contribution < -0.4 is 5.56 Å². The number of rotatable bonds is 2. The average Bonchev–Trinajstić information content (AvgIpc) is 2.25. The summed E-state index contributed by atoms with van der Waals surface area (Å²) in [6, 6.07) is 2.66. The van der Waals surface area contributed by atoms with Crippen LogP contribution in [-0.2, 0) is 6.54 Å². The Labute approximate surface area is 97.5 Å². The smallest absolute Gasteiger partial charge is 0.382 e. The van der Waals surface area contributed by atoms with Crippen LogP contribution in [0.25, 0.3) is 0 Å². The third-order valence-corrected chi connectivity index (χ3v) is 1.88. The van der Waals surface area contributed by atoms with Crippen molar-refractivity contribution in [2.75, 3.05) is 0 Å². The van der Waals surface area contributed by atoms with Crippen molar-refractivity contribution >= 4 is 0 Å². The van der Waals surface area contributed by atoms with E-state index in [1.54, 1.807) is 6.92 Å². The van der Waals surface area contributed by atoms with Gasteiger partial charge in [0.15, 0.2) is 6.10 Å². The van der Waals surface area contributed by atoms with Gasteiger partial charge in [-0.25, -0.2) is 0 Å². The number of nitrogens with zero attached hydrogens (tertiary/aromatic N) is 1. The first kappa shape index (κ1) is 15.7. The maximum absolute atomic E-state index is 12.0. The van der Waals surface area contributed by atoms with Gasteiger partial charge in [-0.2, -0.15) is 13.2 Å². The molecule has 0 saturated carbocycles. The molecule has 0 amide bonds. The van der Waals surface area contributed by atoms with Gasteiger partial charge in [-0.15, -0.1) is 0 Å². The van der Waals surface area contributed by atoms with Crippen molar-refractivity contribution < 1.29 is 18.3 Å². The fourth-order valence-electron chi connectivity index (χ4n) is 1.08. The van der Waals surface area contributed by atoms with Gasteiger partial charge in [0.25, 0.3) is 5.56 Å². The molecular formula is C11H16F3NO2. The predicted octanol–water partition coefficient (Wildman–Crippen LogP) is 2.11. The number of aliphatic hydroxyl groups is 1. The van der Waals surface area contributed by atoms with Crippen LogP contribution in [0.15, 0.2) is 23.1 Å². The summed E-state index contributed by atoms with van der Waals surface area (Å²) >= 11 is 0. The molecule has 6 heteroatoms. The van der Waals surface area contributed by atoms with Crippen LogP contribution in [0.1, 0.15) is 19.4 Å². The number of aryl methyl sites for hydroxylation is 1. The minimum Gasteiger partial charge on any atom is -0.382 e. The van der Waals surface area contributed by atoms with Gasteiger partial charge < -0.3 is 9.67 Å². The van der Waals surface area contributed by atoms with Crippen molar-refractivity contribution in [3.8, 4) is 0 Å². The Kier molecular flexibility index (Phi) is 5.95. The lowest BCUT2D eigenvalue weighted by atomic mass is 10.3. The van der Waals surface area contributed by atoms with Gasteiger partial charge in [0, 0.05) is 12.3 Å².